The van der Waals surface area contributed by atoms with Crippen molar-refractivity contribution < 1.29 is 4.79 Å². The summed E-state index contributed by atoms with van der Waals surface area (Å²) in [6.45, 7) is 2.14. The Morgan fingerprint density at radius 1 is 1.18 bits per heavy atom. The van der Waals surface area contributed by atoms with Gasteiger partial charge in [-0.1, -0.05) is 35.9 Å². The zero-order chi connectivity index (χ0) is 11.9. The van der Waals surface area contributed by atoms with Gasteiger partial charge >= 0.3 is 0 Å². The minimum atomic E-state index is -0.160. The van der Waals surface area contributed by atoms with Crippen molar-refractivity contribution in [3.63, 3.8) is 0 Å². The Labute approximate surface area is 103 Å². The number of carbonyl (C=O) groups excluding carboxylic acids is 1. The van der Waals surface area contributed by atoms with Crippen molar-refractivity contribution in [2.45, 2.75) is 39.0 Å². The largest absolute Gasteiger partial charge is 0.293 e. The predicted molar refractivity (Wildman–Crippen MR) is 69.1 cm³/mol. The van der Waals surface area contributed by atoms with E-state index in [9.17, 15) is 4.79 Å². The van der Waals surface area contributed by atoms with Gasteiger partial charge in [-0.25, -0.2) is 0 Å². The first kappa shape index (κ1) is 10.8. The van der Waals surface area contributed by atoms with E-state index >= 15 is 0 Å². The van der Waals surface area contributed by atoms with E-state index in [2.05, 4.69) is 19.1 Å². The molecule has 0 aromatic heterocycles. The van der Waals surface area contributed by atoms with Gasteiger partial charge in [0.15, 0.2) is 5.78 Å². The molecule has 0 saturated carbocycles. The molecule has 1 heteroatoms. The number of carbonyl (C=O) groups is 1. The fourth-order valence-electron chi connectivity index (χ4n) is 3.41. The molecule has 0 N–H and O–H groups in total. The molecule has 1 spiro atoms. The molecule has 0 unspecified atom stereocenters. The number of hydrogen-bond acceptors (Lipinski definition) is 1. The van der Waals surface area contributed by atoms with Crippen LogP contribution in [0.1, 0.15) is 48.5 Å². The van der Waals surface area contributed by atoms with E-state index in [1.807, 2.05) is 18.2 Å². The molecule has 0 amide bonds. The second-order valence-electron chi connectivity index (χ2n) is 5.35. The van der Waals surface area contributed by atoms with Gasteiger partial charge in [0, 0.05) is 5.56 Å². The van der Waals surface area contributed by atoms with Crippen molar-refractivity contribution in [3.05, 3.63) is 47.0 Å². The lowest BCUT2D eigenvalue weighted by molar-refractivity contribution is 0.0786. The lowest BCUT2D eigenvalue weighted by Gasteiger charge is -2.40. The molecule has 2 aliphatic rings. The van der Waals surface area contributed by atoms with Crippen molar-refractivity contribution in [2.75, 3.05) is 0 Å². The van der Waals surface area contributed by atoms with Gasteiger partial charge in [0.05, 0.1) is 5.41 Å². The highest BCUT2D eigenvalue weighted by Crippen LogP contribution is 2.47. The number of ketones is 1. The fourth-order valence-corrected chi connectivity index (χ4v) is 3.41. The van der Waals surface area contributed by atoms with E-state index in [0.29, 0.717) is 5.78 Å². The van der Waals surface area contributed by atoms with E-state index < -0.39 is 0 Å². The molecule has 88 valence electrons. The fraction of sp³-hybridized carbons (Fsp3) is 0.438. The molecule has 0 aliphatic heterocycles. The smallest absolute Gasteiger partial charge is 0.173 e. The lowest BCUT2D eigenvalue weighted by Crippen LogP contribution is -2.38. The number of Topliss-reactive ketones (excluding diaryl/α,β-unsaturated/α-hetero) is 1. The summed E-state index contributed by atoms with van der Waals surface area (Å²) >= 11 is 0. The van der Waals surface area contributed by atoms with Gasteiger partial charge in [-0.05, 0) is 44.6 Å². The minimum Gasteiger partial charge on any atom is -0.293 e. The Hall–Kier alpha value is -1.37. The number of benzene rings is 1. The molecular weight excluding hydrogens is 208 g/mol. The number of fused-ring (bicyclic) bond motifs is 1. The van der Waals surface area contributed by atoms with Gasteiger partial charge in [-0.15, -0.1) is 0 Å². The van der Waals surface area contributed by atoms with Gasteiger partial charge < -0.3 is 0 Å². The van der Waals surface area contributed by atoms with Crippen LogP contribution >= 0.6 is 0 Å². The van der Waals surface area contributed by atoms with Crippen LogP contribution in [-0.2, 0) is 6.42 Å². The summed E-state index contributed by atoms with van der Waals surface area (Å²) in [5.74, 6) is 0.368. The van der Waals surface area contributed by atoms with Crippen LogP contribution in [0.25, 0.3) is 0 Å². The predicted octanol–water partition coefficient (Wildman–Crippen LogP) is 3.93. The molecule has 0 heterocycles. The number of aryl methyl sites for hydroxylation is 1. The van der Waals surface area contributed by atoms with Crippen LogP contribution in [0, 0.1) is 5.41 Å². The number of rotatable bonds is 0. The second-order valence-corrected chi connectivity index (χ2v) is 5.35. The summed E-state index contributed by atoms with van der Waals surface area (Å²) in [5, 5.41) is 0. The summed E-state index contributed by atoms with van der Waals surface area (Å²) in [6.07, 6.45) is 7.67. The molecule has 3 rings (SSSR count). The van der Waals surface area contributed by atoms with Gasteiger partial charge in [0.25, 0.3) is 0 Å². The van der Waals surface area contributed by atoms with Gasteiger partial charge in [-0.3, -0.25) is 4.79 Å². The highest BCUT2D eigenvalue weighted by molar-refractivity contribution is 6.04. The van der Waals surface area contributed by atoms with E-state index in [4.69, 9.17) is 0 Å². The van der Waals surface area contributed by atoms with Crippen molar-refractivity contribution in [3.8, 4) is 0 Å². The van der Waals surface area contributed by atoms with E-state index in [1.165, 1.54) is 11.1 Å². The van der Waals surface area contributed by atoms with Crippen molar-refractivity contribution >= 4 is 5.78 Å². The Bertz CT molecular complexity index is 498. The SMILES string of the molecule is CC1=CCCC[C@]12CCc1ccccc1C2=O. The summed E-state index contributed by atoms with van der Waals surface area (Å²) < 4.78 is 0. The first-order valence-electron chi connectivity index (χ1n) is 6.54. The monoisotopic (exact) mass is 226 g/mol. The van der Waals surface area contributed by atoms with Crippen molar-refractivity contribution in [1.82, 2.24) is 0 Å². The maximum Gasteiger partial charge on any atom is 0.173 e. The van der Waals surface area contributed by atoms with Crippen LogP contribution in [0.15, 0.2) is 35.9 Å². The van der Waals surface area contributed by atoms with Crippen molar-refractivity contribution in [2.24, 2.45) is 5.41 Å². The molecule has 1 nitrogen and oxygen atoms in total. The number of hydrogen-bond donors (Lipinski definition) is 0. The molecule has 1 atom stereocenters. The van der Waals surface area contributed by atoms with Crippen LogP contribution in [0.3, 0.4) is 0 Å². The first-order valence-corrected chi connectivity index (χ1v) is 6.54. The van der Waals surface area contributed by atoms with Crippen LogP contribution in [0.2, 0.25) is 0 Å². The lowest BCUT2D eigenvalue weighted by atomic mass is 9.62. The zero-order valence-electron chi connectivity index (χ0n) is 10.3. The van der Waals surface area contributed by atoms with Crippen molar-refractivity contribution in [1.29, 1.82) is 0 Å². The quantitative estimate of drug-likeness (QED) is 0.612. The Balaban J connectivity index is 2.10. The maximum absolute atomic E-state index is 12.8. The van der Waals surface area contributed by atoms with Gasteiger partial charge in [0.2, 0.25) is 0 Å². The van der Waals surface area contributed by atoms with E-state index in [0.717, 1.165) is 37.7 Å². The molecule has 0 saturated heterocycles. The molecule has 1 aromatic rings. The third-order valence-corrected chi connectivity index (χ3v) is 4.53. The standard InChI is InChI=1S/C16H18O/c1-12-6-4-5-10-16(12)11-9-13-7-2-3-8-14(13)15(16)17/h2-3,6-8H,4-5,9-11H2,1H3/t16-/m0/s1. The Kier molecular flexibility index (Phi) is 2.43. The highest BCUT2D eigenvalue weighted by atomic mass is 16.1. The second kappa shape index (κ2) is 3.83. The highest BCUT2D eigenvalue weighted by Gasteiger charge is 2.43. The summed E-state index contributed by atoms with van der Waals surface area (Å²) in [4.78, 5) is 12.8. The summed E-state index contributed by atoms with van der Waals surface area (Å²) in [7, 11) is 0. The molecule has 0 radical (unpaired) electrons. The summed E-state index contributed by atoms with van der Waals surface area (Å²) in [5.41, 5.74) is 3.35. The maximum atomic E-state index is 12.8. The number of allylic oxidation sites excluding steroid dienone is 2. The third kappa shape index (κ3) is 1.49. The van der Waals surface area contributed by atoms with Crippen LogP contribution in [0.5, 0.6) is 0 Å². The van der Waals surface area contributed by atoms with Gasteiger partial charge in [-0.2, -0.15) is 0 Å². The summed E-state index contributed by atoms with van der Waals surface area (Å²) in [6, 6.07) is 8.12. The average molecular weight is 226 g/mol. The molecule has 2 aliphatic carbocycles. The molecule has 17 heavy (non-hydrogen) atoms. The molecular formula is C16H18O. The molecule has 0 fully saturated rings. The third-order valence-electron chi connectivity index (χ3n) is 4.53. The molecule has 0 bridgehead atoms. The Morgan fingerprint density at radius 2 is 2.00 bits per heavy atom. The van der Waals surface area contributed by atoms with Crippen LogP contribution in [-0.4, -0.2) is 5.78 Å². The molecule has 1 aromatic carbocycles. The van der Waals surface area contributed by atoms with Crippen LogP contribution in [0.4, 0.5) is 0 Å². The van der Waals surface area contributed by atoms with E-state index in [1.54, 1.807) is 0 Å². The zero-order valence-corrected chi connectivity index (χ0v) is 10.3. The van der Waals surface area contributed by atoms with Gasteiger partial charge in [0.1, 0.15) is 0 Å². The first-order chi connectivity index (χ1) is 8.24. The van der Waals surface area contributed by atoms with Crippen LogP contribution < -0.4 is 0 Å². The normalized spacial score (nSPS) is 27.8. The average Bonchev–Trinajstić information content (AvgIpc) is 2.37. The Morgan fingerprint density at radius 3 is 2.82 bits per heavy atom. The van der Waals surface area contributed by atoms with E-state index in [-0.39, 0.29) is 5.41 Å². The minimum absolute atomic E-state index is 0.160. The topological polar surface area (TPSA) is 17.1 Å².